The molecule has 144 valence electrons. The third kappa shape index (κ3) is 6.74. The highest BCUT2D eigenvalue weighted by Crippen LogP contribution is 2.16. The molecule has 8 heteroatoms. The zero-order valence-electron chi connectivity index (χ0n) is 15.8. The van der Waals surface area contributed by atoms with Crippen molar-refractivity contribution in [3.8, 4) is 6.01 Å². The molecule has 1 heterocycles. The minimum Gasteiger partial charge on any atom is -0.457 e. The molecule has 0 radical (unpaired) electrons. The molecule has 0 fully saturated rings. The van der Waals surface area contributed by atoms with Crippen LogP contribution < -0.4 is 15.9 Å². The number of aryl methyl sites for hydroxylation is 1. The van der Waals surface area contributed by atoms with Crippen molar-refractivity contribution in [3.05, 3.63) is 47.5 Å². The fraction of sp³-hybridized carbons (Fsp3) is 0.368. The van der Waals surface area contributed by atoms with Crippen LogP contribution in [0.2, 0.25) is 0 Å². The molecule has 2 aromatic rings. The highest BCUT2D eigenvalue weighted by atomic mass is 19.1. The number of hydrazone groups is 1. The van der Waals surface area contributed by atoms with Crippen LogP contribution in [-0.2, 0) is 6.54 Å². The first-order valence-electron chi connectivity index (χ1n) is 8.77. The fourth-order valence-electron chi connectivity index (χ4n) is 2.07. The van der Waals surface area contributed by atoms with Crippen LogP contribution in [0.1, 0.15) is 31.5 Å². The highest BCUT2D eigenvalue weighted by molar-refractivity contribution is 6.31. The lowest BCUT2D eigenvalue weighted by molar-refractivity contribution is 0.344. The Morgan fingerprint density at radius 3 is 2.93 bits per heavy atom. The van der Waals surface area contributed by atoms with Crippen LogP contribution in [0.5, 0.6) is 6.01 Å². The van der Waals surface area contributed by atoms with Crippen LogP contribution in [0, 0.1) is 12.7 Å². The van der Waals surface area contributed by atoms with Crippen LogP contribution in [0.4, 0.5) is 10.1 Å². The molecular formula is C19H25FN6O. The second-order valence-corrected chi connectivity index (χ2v) is 6.12. The van der Waals surface area contributed by atoms with E-state index in [0.717, 1.165) is 12.1 Å². The smallest absolute Gasteiger partial charge is 0.316 e. The number of halogens is 1. The third-order valence-electron chi connectivity index (χ3n) is 3.95. The van der Waals surface area contributed by atoms with Gasteiger partial charge in [0, 0.05) is 18.8 Å². The lowest BCUT2D eigenvalue weighted by Crippen LogP contribution is -2.25. The number of nitrogens with one attached hydrogen (secondary N) is 1. The highest BCUT2D eigenvalue weighted by Gasteiger charge is 2.05. The molecule has 0 aliphatic heterocycles. The Kier molecular flexibility index (Phi) is 7.81. The van der Waals surface area contributed by atoms with E-state index in [4.69, 9.17) is 10.6 Å². The summed E-state index contributed by atoms with van der Waals surface area (Å²) in [6.07, 6.45) is 4.16. The van der Waals surface area contributed by atoms with Gasteiger partial charge in [0.15, 0.2) is 0 Å². The normalized spacial score (nSPS) is 13.1. The SMILES string of the molecule is CC[C@H](C)NCc1ccnc(OCC(C=Nc2ccc(F)c(C)c2)=NN)n1. The molecule has 1 aromatic carbocycles. The van der Waals surface area contributed by atoms with Gasteiger partial charge in [0.2, 0.25) is 0 Å². The minimum absolute atomic E-state index is 0.0718. The summed E-state index contributed by atoms with van der Waals surface area (Å²) >= 11 is 0. The summed E-state index contributed by atoms with van der Waals surface area (Å²) in [5, 5.41) is 7.01. The Hall–Kier alpha value is -2.87. The van der Waals surface area contributed by atoms with Crippen molar-refractivity contribution in [2.45, 2.75) is 39.8 Å². The molecule has 0 aliphatic carbocycles. The predicted molar refractivity (Wildman–Crippen MR) is 105 cm³/mol. The van der Waals surface area contributed by atoms with Gasteiger partial charge in [0.25, 0.3) is 0 Å². The van der Waals surface area contributed by atoms with Crippen molar-refractivity contribution in [1.29, 1.82) is 0 Å². The van der Waals surface area contributed by atoms with Crippen LogP contribution in [0.3, 0.4) is 0 Å². The maximum Gasteiger partial charge on any atom is 0.316 e. The van der Waals surface area contributed by atoms with E-state index in [0.29, 0.717) is 29.5 Å². The first kappa shape index (κ1) is 20.4. The van der Waals surface area contributed by atoms with Gasteiger partial charge in [-0.05, 0) is 50.1 Å². The summed E-state index contributed by atoms with van der Waals surface area (Å²) in [6, 6.07) is 7.06. The number of nitrogens with zero attached hydrogens (tertiary/aromatic N) is 4. The van der Waals surface area contributed by atoms with E-state index in [1.165, 1.54) is 12.3 Å². The minimum atomic E-state index is -0.273. The van der Waals surface area contributed by atoms with E-state index in [1.807, 2.05) is 6.07 Å². The van der Waals surface area contributed by atoms with Gasteiger partial charge in [0.05, 0.1) is 17.6 Å². The van der Waals surface area contributed by atoms with E-state index in [-0.39, 0.29) is 18.4 Å². The van der Waals surface area contributed by atoms with E-state index < -0.39 is 0 Å². The Balaban J connectivity index is 1.93. The van der Waals surface area contributed by atoms with Crippen molar-refractivity contribution in [2.24, 2.45) is 15.9 Å². The first-order chi connectivity index (χ1) is 13.0. The molecule has 27 heavy (non-hydrogen) atoms. The predicted octanol–water partition coefficient (Wildman–Crippen LogP) is 2.91. The molecule has 0 amide bonds. The molecule has 0 aliphatic rings. The molecule has 0 spiro atoms. The quantitative estimate of drug-likeness (QED) is 0.401. The summed E-state index contributed by atoms with van der Waals surface area (Å²) < 4.78 is 18.8. The largest absolute Gasteiger partial charge is 0.457 e. The van der Waals surface area contributed by atoms with Gasteiger partial charge in [0.1, 0.15) is 18.1 Å². The summed E-state index contributed by atoms with van der Waals surface area (Å²) in [7, 11) is 0. The van der Waals surface area contributed by atoms with Crippen molar-refractivity contribution in [3.63, 3.8) is 0 Å². The fourth-order valence-corrected chi connectivity index (χ4v) is 2.07. The van der Waals surface area contributed by atoms with Gasteiger partial charge in [-0.3, -0.25) is 4.99 Å². The van der Waals surface area contributed by atoms with Gasteiger partial charge < -0.3 is 15.9 Å². The summed E-state index contributed by atoms with van der Waals surface area (Å²) in [5.41, 5.74) is 2.36. The van der Waals surface area contributed by atoms with E-state index in [2.05, 4.69) is 39.2 Å². The summed E-state index contributed by atoms with van der Waals surface area (Å²) in [4.78, 5) is 12.7. The topological polar surface area (TPSA) is 97.8 Å². The van der Waals surface area contributed by atoms with Crippen molar-refractivity contribution < 1.29 is 9.13 Å². The molecule has 0 bridgehead atoms. The van der Waals surface area contributed by atoms with Crippen LogP contribution in [-0.4, -0.2) is 34.5 Å². The second kappa shape index (κ2) is 10.3. The zero-order valence-corrected chi connectivity index (χ0v) is 15.8. The van der Waals surface area contributed by atoms with Crippen LogP contribution in [0.25, 0.3) is 0 Å². The van der Waals surface area contributed by atoms with Gasteiger partial charge in [-0.2, -0.15) is 10.1 Å². The molecule has 0 unspecified atom stereocenters. The molecule has 0 saturated heterocycles. The van der Waals surface area contributed by atoms with Gasteiger partial charge in [-0.25, -0.2) is 9.37 Å². The van der Waals surface area contributed by atoms with E-state index in [9.17, 15) is 4.39 Å². The number of benzene rings is 1. The van der Waals surface area contributed by atoms with Crippen molar-refractivity contribution >= 4 is 17.6 Å². The number of aliphatic imine (C=N–C) groups is 1. The number of ether oxygens (including phenoxy) is 1. The van der Waals surface area contributed by atoms with Crippen LogP contribution in [0.15, 0.2) is 40.6 Å². The molecule has 3 N–H and O–H groups in total. The van der Waals surface area contributed by atoms with Crippen LogP contribution >= 0.6 is 0 Å². The van der Waals surface area contributed by atoms with Gasteiger partial charge in [-0.1, -0.05) is 6.92 Å². The monoisotopic (exact) mass is 372 g/mol. The molecule has 0 saturated carbocycles. The summed E-state index contributed by atoms with van der Waals surface area (Å²) in [6.45, 7) is 6.62. The molecule has 1 aromatic heterocycles. The maximum atomic E-state index is 13.3. The second-order valence-electron chi connectivity index (χ2n) is 6.12. The number of hydrogen-bond donors (Lipinski definition) is 2. The average molecular weight is 372 g/mol. The number of hydrogen-bond acceptors (Lipinski definition) is 7. The van der Waals surface area contributed by atoms with Gasteiger partial charge in [-0.15, -0.1) is 0 Å². The Morgan fingerprint density at radius 2 is 2.22 bits per heavy atom. The average Bonchev–Trinajstić information content (AvgIpc) is 2.69. The maximum absolute atomic E-state index is 13.3. The standard InChI is InChI=1S/C19H25FN6O/c1-4-14(3)23-10-16-7-8-22-19(25-16)27-12-17(26-21)11-24-15-5-6-18(20)13(2)9-15/h5-9,11,14,23H,4,10,12,21H2,1-3H3/t14-/m0/s1. The molecule has 1 atom stereocenters. The Bertz CT molecular complexity index is 809. The number of rotatable bonds is 9. The van der Waals surface area contributed by atoms with Crippen molar-refractivity contribution in [2.75, 3.05) is 6.61 Å². The Labute approximate surface area is 158 Å². The molecular weight excluding hydrogens is 347 g/mol. The zero-order chi connectivity index (χ0) is 19.6. The summed E-state index contributed by atoms with van der Waals surface area (Å²) in [5.74, 6) is 5.11. The van der Waals surface area contributed by atoms with E-state index in [1.54, 1.807) is 25.3 Å². The Morgan fingerprint density at radius 1 is 1.41 bits per heavy atom. The van der Waals surface area contributed by atoms with E-state index >= 15 is 0 Å². The number of aromatic nitrogens is 2. The molecule has 7 nitrogen and oxygen atoms in total. The lowest BCUT2D eigenvalue weighted by atomic mass is 10.2. The third-order valence-corrected chi connectivity index (χ3v) is 3.95. The van der Waals surface area contributed by atoms with Gasteiger partial charge >= 0.3 is 6.01 Å². The lowest BCUT2D eigenvalue weighted by Gasteiger charge is -2.11. The van der Waals surface area contributed by atoms with Crippen molar-refractivity contribution in [1.82, 2.24) is 15.3 Å². The first-order valence-corrected chi connectivity index (χ1v) is 8.77. The molecule has 2 rings (SSSR count). The number of nitrogens with two attached hydrogens (primary N) is 1.